The minimum atomic E-state index is 0.0136. The number of aromatic nitrogens is 2. The summed E-state index contributed by atoms with van der Waals surface area (Å²) in [5, 5.41) is 7.92. The molecule has 4 rings (SSSR count). The molecular formula is C21H21N3OS. The summed E-state index contributed by atoms with van der Waals surface area (Å²) in [4.78, 5) is 12.4. The van der Waals surface area contributed by atoms with Crippen molar-refractivity contribution in [2.75, 3.05) is 11.1 Å². The van der Waals surface area contributed by atoms with Crippen LogP contribution in [0.25, 0.3) is 5.69 Å². The van der Waals surface area contributed by atoms with Crippen LogP contribution in [0.1, 0.15) is 33.2 Å². The zero-order valence-corrected chi connectivity index (χ0v) is 15.9. The number of thioether (sulfide) groups is 1. The van der Waals surface area contributed by atoms with Crippen molar-refractivity contribution in [2.24, 2.45) is 0 Å². The van der Waals surface area contributed by atoms with Gasteiger partial charge in [-0.25, -0.2) is 4.68 Å². The number of carbonyl (C=O) groups excluding carboxylic acids is 1. The lowest BCUT2D eigenvalue weighted by atomic mass is 10.0. The number of nitrogens with one attached hydrogen (secondary N) is 1. The van der Waals surface area contributed by atoms with E-state index >= 15 is 0 Å². The maximum atomic E-state index is 12.4. The summed E-state index contributed by atoms with van der Waals surface area (Å²) in [7, 11) is 0. The van der Waals surface area contributed by atoms with Gasteiger partial charge in [-0.05, 0) is 38.5 Å². The minimum absolute atomic E-state index is 0.0136. The first-order valence-electron chi connectivity index (χ1n) is 8.67. The number of benzene rings is 2. The summed E-state index contributed by atoms with van der Waals surface area (Å²) in [5.41, 5.74) is 6.61. The molecule has 0 saturated heterocycles. The Morgan fingerprint density at radius 2 is 1.85 bits per heavy atom. The quantitative estimate of drug-likeness (QED) is 0.725. The molecule has 1 aliphatic heterocycles. The van der Waals surface area contributed by atoms with Crippen LogP contribution in [0.2, 0.25) is 0 Å². The number of fused-ring (bicyclic) bond motifs is 1. The van der Waals surface area contributed by atoms with Crippen LogP contribution in [0, 0.1) is 20.8 Å². The van der Waals surface area contributed by atoms with E-state index in [-0.39, 0.29) is 11.2 Å². The van der Waals surface area contributed by atoms with Gasteiger partial charge in [0.05, 0.1) is 22.4 Å². The van der Waals surface area contributed by atoms with E-state index in [9.17, 15) is 4.79 Å². The van der Waals surface area contributed by atoms with Crippen LogP contribution < -0.4 is 5.32 Å². The average molecular weight is 363 g/mol. The van der Waals surface area contributed by atoms with Gasteiger partial charge < -0.3 is 5.32 Å². The molecule has 0 fully saturated rings. The average Bonchev–Trinajstić information content (AvgIpc) is 2.82. The number of aryl methyl sites for hydroxylation is 3. The summed E-state index contributed by atoms with van der Waals surface area (Å²) in [6, 6.07) is 16.7. The fraction of sp³-hybridized carbons (Fsp3) is 0.238. The molecule has 132 valence electrons. The Labute approximate surface area is 157 Å². The van der Waals surface area contributed by atoms with Gasteiger partial charge in [-0.15, -0.1) is 11.8 Å². The number of amides is 1. The second-order valence-electron chi connectivity index (χ2n) is 6.75. The molecule has 1 amide bonds. The Kier molecular flexibility index (Phi) is 4.32. The summed E-state index contributed by atoms with van der Waals surface area (Å²) in [6.07, 6.45) is 0. The van der Waals surface area contributed by atoms with E-state index < -0.39 is 0 Å². The first-order chi connectivity index (χ1) is 12.5. The zero-order valence-electron chi connectivity index (χ0n) is 15.1. The second kappa shape index (κ2) is 6.65. The molecule has 1 aliphatic rings. The first-order valence-corrected chi connectivity index (χ1v) is 9.72. The normalized spacial score (nSPS) is 16.7. The highest BCUT2D eigenvalue weighted by atomic mass is 32.2. The SMILES string of the molecule is Cc1ccc(-n2nc(C)c3c2NC(=O)CS[C@@H]3c2cccc(C)c2)cc1. The van der Waals surface area contributed by atoms with Gasteiger partial charge in [-0.2, -0.15) is 5.10 Å². The number of hydrogen-bond acceptors (Lipinski definition) is 3. The van der Waals surface area contributed by atoms with Crippen LogP contribution >= 0.6 is 11.8 Å². The maximum absolute atomic E-state index is 12.4. The number of nitrogens with zero attached hydrogens (tertiary/aromatic N) is 2. The molecular weight excluding hydrogens is 342 g/mol. The number of carbonyl (C=O) groups is 1. The van der Waals surface area contributed by atoms with Gasteiger partial charge in [-0.3, -0.25) is 4.79 Å². The maximum Gasteiger partial charge on any atom is 0.235 e. The lowest BCUT2D eigenvalue weighted by Gasteiger charge is -2.16. The Hall–Kier alpha value is -2.53. The van der Waals surface area contributed by atoms with Crippen molar-refractivity contribution >= 4 is 23.5 Å². The Morgan fingerprint density at radius 1 is 1.08 bits per heavy atom. The molecule has 2 heterocycles. The van der Waals surface area contributed by atoms with E-state index in [1.54, 1.807) is 11.8 Å². The van der Waals surface area contributed by atoms with Crippen molar-refractivity contribution in [1.82, 2.24) is 9.78 Å². The highest BCUT2D eigenvalue weighted by Gasteiger charge is 2.30. The molecule has 5 heteroatoms. The van der Waals surface area contributed by atoms with E-state index in [4.69, 9.17) is 5.10 Å². The van der Waals surface area contributed by atoms with Gasteiger partial charge >= 0.3 is 0 Å². The van der Waals surface area contributed by atoms with Gasteiger partial charge in [0.25, 0.3) is 0 Å². The Morgan fingerprint density at radius 3 is 2.58 bits per heavy atom. The predicted octanol–water partition coefficient (Wildman–Crippen LogP) is 4.57. The molecule has 0 radical (unpaired) electrons. The molecule has 1 N–H and O–H groups in total. The van der Waals surface area contributed by atoms with Crippen LogP contribution in [-0.4, -0.2) is 21.4 Å². The fourth-order valence-electron chi connectivity index (χ4n) is 3.35. The minimum Gasteiger partial charge on any atom is -0.310 e. The van der Waals surface area contributed by atoms with Crippen molar-refractivity contribution in [2.45, 2.75) is 26.0 Å². The van der Waals surface area contributed by atoms with Crippen LogP contribution in [0.15, 0.2) is 48.5 Å². The highest BCUT2D eigenvalue weighted by Crippen LogP contribution is 2.43. The van der Waals surface area contributed by atoms with Gasteiger partial charge in [0.1, 0.15) is 5.82 Å². The zero-order chi connectivity index (χ0) is 18.3. The van der Waals surface area contributed by atoms with E-state index in [1.807, 2.05) is 23.7 Å². The third-order valence-electron chi connectivity index (χ3n) is 4.63. The second-order valence-corrected chi connectivity index (χ2v) is 7.84. The lowest BCUT2D eigenvalue weighted by molar-refractivity contribution is -0.113. The molecule has 0 aliphatic carbocycles. The molecule has 0 unspecified atom stereocenters. The van der Waals surface area contributed by atoms with Crippen molar-refractivity contribution in [1.29, 1.82) is 0 Å². The third-order valence-corrected chi connectivity index (χ3v) is 5.90. The van der Waals surface area contributed by atoms with Gasteiger partial charge in [0.15, 0.2) is 0 Å². The number of rotatable bonds is 2. The summed E-state index contributed by atoms with van der Waals surface area (Å²) < 4.78 is 1.86. The smallest absolute Gasteiger partial charge is 0.235 e. The summed E-state index contributed by atoms with van der Waals surface area (Å²) >= 11 is 1.66. The van der Waals surface area contributed by atoms with Crippen LogP contribution in [0.3, 0.4) is 0 Å². The van der Waals surface area contributed by atoms with Crippen LogP contribution in [0.4, 0.5) is 5.82 Å². The number of anilines is 1. The molecule has 2 aromatic carbocycles. The molecule has 26 heavy (non-hydrogen) atoms. The molecule has 0 saturated carbocycles. The molecule has 3 aromatic rings. The highest BCUT2D eigenvalue weighted by molar-refractivity contribution is 8.00. The Balaban J connectivity index is 1.89. The van der Waals surface area contributed by atoms with Gasteiger partial charge in [-0.1, -0.05) is 47.5 Å². The molecule has 0 bridgehead atoms. The molecule has 1 aromatic heterocycles. The fourth-order valence-corrected chi connectivity index (χ4v) is 4.53. The van der Waals surface area contributed by atoms with Crippen molar-refractivity contribution in [3.05, 3.63) is 76.5 Å². The van der Waals surface area contributed by atoms with E-state index in [2.05, 4.69) is 55.6 Å². The lowest BCUT2D eigenvalue weighted by Crippen LogP contribution is -2.15. The molecule has 0 spiro atoms. The van der Waals surface area contributed by atoms with E-state index in [0.717, 1.165) is 22.8 Å². The summed E-state index contributed by atoms with van der Waals surface area (Å²) in [6.45, 7) is 6.17. The van der Waals surface area contributed by atoms with E-state index in [0.29, 0.717) is 5.75 Å². The topological polar surface area (TPSA) is 46.9 Å². The van der Waals surface area contributed by atoms with Crippen molar-refractivity contribution in [3.8, 4) is 5.69 Å². The van der Waals surface area contributed by atoms with Gasteiger partial charge in [0, 0.05) is 5.56 Å². The van der Waals surface area contributed by atoms with E-state index in [1.165, 1.54) is 16.7 Å². The molecule has 4 nitrogen and oxygen atoms in total. The number of hydrogen-bond donors (Lipinski definition) is 1. The Bertz CT molecular complexity index is 975. The summed E-state index contributed by atoms with van der Waals surface area (Å²) in [5.74, 6) is 1.23. The van der Waals surface area contributed by atoms with Gasteiger partial charge in [0.2, 0.25) is 5.91 Å². The standard InChI is InChI=1S/C21H21N3OS/c1-13-7-9-17(10-8-13)24-21-19(15(3)23-24)20(26-12-18(25)22-21)16-6-4-5-14(2)11-16/h4-11,20H,12H2,1-3H3,(H,22,25)/t20-/m1/s1. The van der Waals surface area contributed by atoms with Crippen molar-refractivity contribution in [3.63, 3.8) is 0 Å². The molecule has 1 atom stereocenters. The largest absolute Gasteiger partial charge is 0.310 e. The van der Waals surface area contributed by atoms with Crippen molar-refractivity contribution < 1.29 is 4.79 Å². The predicted molar refractivity (Wildman–Crippen MR) is 107 cm³/mol. The monoisotopic (exact) mass is 363 g/mol. The third kappa shape index (κ3) is 3.03. The van der Waals surface area contributed by atoms with Crippen LogP contribution in [0.5, 0.6) is 0 Å². The van der Waals surface area contributed by atoms with Crippen LogP contribution in [-0.2, 0) is 4.79 Å². The first kappa shape index (κ1) is 16.9.